The highest BCUT2D eigenvalue weighted by Crippen LogP contribution is 2.21. The average molecular weight is 296 g/mol. The van der Waals surface area contributed by atoms with E-state index in [0.717, 1.165) is 12.1 Å². The van der Waals surface area contributed by atoms with Gasteiger partial charge in [-0.25, -0.2) is 13.6 Å². The van der Waals surface area contributed by atoms with Gasteiger partial charge >= 0.3 is 6.03 Å². The fourth-order valence-electron chi connectivity index (χ4n) is 2.72. The van der Waals surface area contributed by atoms with Gasteiger partial charge in [0.2, 0.25) is 0 Å². The third kappa shape index (κ3) is 2.26. The lowest BCUT2D eigenvalue weighted by Crippen LogP contribution is -2.53. The summed E-state index contributed by atoms with van der Waals surface area (Å²) in [6, 6.07) is 1.39. The van der Waals surface area contributed by atoms with Crippen LogP contribution in [0.1, 0.15) is 10.4 Å². The Morgan fingerprint density at radius 1 is 1.33 bits per heavy atom. The summed E-state index contributed by atoms with van der Waals surface area (Å²) in [5.74, 6) is -2.28. The zero-order valence-corrected chi connectivity index (χ0v) is 11.1. The number of amides is 3. The Balaban J connectivity index is 1.82. The number of fused-ring (bicyclic) bond motifs is 1. The van der Waals surface area contributed by atoms with Gasteiger partial charge in [0.05, 0.1) is 17.3 Å². The fraction of sp³-hybridized carbons (Fsp3) is 0.385. The van der Waals surface area contributed by atoms with Crippen molar-refractivity contribution in [1.82, 2.24) is 15.1 Å². The molecule has 21 heavy (non-hydrogen) atoms. The van der Waals surface area contributed by atoms with E-state index in [1.54, 1.807) is 4.90 Å². The van der Waals surface area contributed by atoms with Gasteiger partial charge in [0.1, 0.15) is 5.82 Å². The number of hydrogen-bond acceptors (Lipinski definition) is 3. The molecule has 2 fully saturated rings. The van der Waals surface area contributed by atoms with Gasteiger partial charge < -0.3 is 20.9 Å². The average Bonchev–Trinajstić information content (AvgIpc) is 2.83. The highest BCUT2D eigenvalue weighted by Gasteiger charge is 2.37. The molecule has 112 valence electrons. The highest BCUT2D eigenvalue weighted by atomic mass is 19.1. The van der Waals surface area contributed by atoms with Crippen molar-refractivity contribution in [3.63, 3.8) is 0 Å². The van der Waals surface area contributed by atoms with Crippen LogP contribution < -0.4 is 11.1 Å². The monoisotopic (exact) mass is 296 g/mol. The van der Waals surface area contributed by atoms with E-state index in [-0.39, 0.29) is 30.7 Å². The molecule has 3 amide bonds. The largest absolute Gasteiger partial charge is 0.396 e. The van der Waals surface area contributed by atoms with Crippen LogP contribution >= 0.6 is 0 Å². The first-order valence-corrected chi connectivity index (χ1v) is 6.55. The van der Waals surface area contributed by atoms with Crippen molar-refractivity contribution in [1.29, 1.82) is 0 Å². The number of carbonyl (C=O) groups excluding carboxylic acids is 2. The number of nitrogens with one attached hydrogen (secondary N) is 1. The van der Waals surface area contributed by atoms with Crippen molar-refractivity contribution in [2.45, 2.75) is 6.04 Å². The molecule has 2 saturated heterocycles. The summed E-state index contributed by atoms with van der Waals surface area (Å²) in [7, 11) is 0. The van der Waals surface area contributed by atoms with Gasteiger partial charge in [-0.1, -0.05) is 0 Å². The summed E-state index contributed by atoms with van der Waals surface area (Å²) in [6.45, 7) is 1.37. The van der Waals surface area contributed by atoms with Crippen molar-refractivity contribution in [3.05, 3.63) is 29.3 Å². The number of nitrogens with two attached hydrogens (primary N) is 1. The molecule has 0 bridgehead atoms. The molecule has 0 saturated carbocycles. The van der Waals surface area contributed by atoms with Crippen LogP contribution in [0.15, 0.2) is 12.1 Å². The third-order valence-electron chi connectivity index (χ3n) is 3.82. The van der Waals surface area contributed by atoms with E-state index in [0.29, 0.717) is 13.1 Å². The van der Waals surface area contributed by atoms with Crippen molar-refractivity contribution in [2.24, 2.45) is 0 Å². The molecule has 1 atom stereocenters. The predicted molar refractivity (Wildman–Crippen MR) is 70.6 cm³/mol. The second-order valence-electron chi connectivity index (χ2n) is 5.14. The van der Waals surface area contributed by atoms with Gasteiger partial charge in [0.15, 0.2) is 5.82 Å². The quantitative estimate of drug-likeness (QED) is 0.736. The molecule has 3 N–H and O–H groups in total. The zero-order chi connectivity index (χ0) is 15.1. The van der Waals surface area contributed by atoms with Crippen LogP contribution in [-0.4, -0.2) is 54.0 Å². The number of benzene rings is 1. The number of piperazine rings is 1. The molecule has 2 aliphatic heterocycles. The van der Waals surface area contributed by atoms with Crippen molar-refractivity contribution >= 4 is 17.6 Å². The summed E-state index contributed by atoms with van der Waals surface area (Å²) in [5.41, 5.74) is 4.57. The maximum Gasteiger partial charge on any atom is 0.317 e. The van der Waals surface area contributed by atoms with Gasteiger partial charge in [-0.15, -0.1) is 0 Å². The van der Waals surface area contributed by atoms with Crippen LogP contribution in [-0.2, 0) is 0 Å². The standard InChI is InChI=1S/C13H14F2N4O2/c14-7-3-9(11(15)10(16)4-7)12(20)18-1-2-19-8(6-18)5-17-13(19)21/h3-4,8H,1-2,5-6,16H2,(H,17,21). The van der Waals surface area contributed by atoms with Crippen LogP contribution in [0.25, 0.3) is 0 Å². The fourth-order valence-corrected chi connectivity index (χ4v) is 2.72. The van der Waals surface area contributed by atoms with E-state index in [1.165, 1.54) is 4.90 Å². The smallest absolute Gasteiger partial charge is 0.317 e. The second-order valence-corrected chi connectivity index (χ2v) is 5.14. The molecule has 1 aromatic carbocycles. The number of carbonyl (C=O) groups is 2. The van der Waals surface area contributed by atoms with Crippen LogP contribution in [0.3, 0.4) is 0 Å². The lowest BCUT2D eigenvalue weighted by Gasteiger charge is -2.36. The molecule has 0 spiro atoms. The Morgan fingerprint density at radius 2 is 2.10 bits per heavy atom. The Morgan fingerprint density at radius 3 is 2.86 bits per heavy atom. The van der Waals surface area contributed by atoms with Gasteiger partial charge in [-0.2, -0.15) is 0 Å². The second kappa shape index (κ2) is 4.87. The van der Waals surface area contributed by atoms with E-state index < -0.39 is 23.2 Å². The summed E-state index contributed by atoms with van der Waals surface area (Å²) in [5, 5.41) is 2.69. The Labute approximate surface area is 119 Å². The zero-order valence-electron chi connectivity index (χ0n) is 11.1. The van der Waals surface area contributed by atoms with Crippen molar-refractivity contribution in [2.75, 3.05) is 31.9 Å². The SMILES string of the molecule is Nc1cc(F)cc(C(=O)N2CCN3C(=O)NCC3C2)c1F. The predicted octanol–water partition coefficient (Wildman–Crippen LogP) is 0.397. The van der Waals surface area contributed by atoms with Crippen molar-refractivity contribution < 1.29 is 18.4 Å². The molecular weight excluding hydrogens is 282 g/mol. The van der Waals surface area contributed by atoms with Crippen LogP contribution in [0.2, 0.25) is 0 Å². The first kappa shape index (κ1) is 13.6. The van der Waals surface area contributed by atoms with Crippen molar-refractivity contribution in [3.8, 4) is 0 Å². The van der Waals surface area contributed by atoms with E-state index in [9.17, 15) is 18.4 Å². The first-order valence-electron chi connectivity index (χ1n) is 6.55. The van der Waals surface area contributed by atoms with E-state index in [4.69, 9.17) is 5.73 Å². The topological polar surface area (TPSA) is 78.7 Å². The number of nitrogens with zero attached hydrogens (tertiary/aromatic N) is 2. The lowest BCUT2D eigenvalue weighted by molar-refractivity contribution is 0.0612. The summed E-state index contributed by atoms with van der Waals surface area (Å²) in [6.07, 6.45) is 0. The molecule has 0 aliphatic carbocycles. The van der Waals surface area contributed by atoms with Gasteiger partial charge in [0, 0.05) is 26.2 Å². The summed E-state index contributed by atoms with van der Waals surface area (Å²) in [4.78, 5) is 26.9. The van der Waals surface area contributed by atoms with E-state index >= 15 is 0 Å². The van der Waals surface area contributed by atoms with Gasteiger partial charge in [-0.3, -0.25) is 4.79 Å². The molecule has 1 unspecified atom stereocenters. The Bertz CT molecular complexity index is 622. The van der Waals surface area contributed by atoms with Crippen LogP contribution in [0.4, 0.5) is 19.3 Å². The minimum atomic E-state index is -0.913. The van der Waals surface area contributed by atoms with Crippen LogP contribution in [0.5, 0.6) is 0 Å². The number of halogens is 2. The summed E-state index contributed by atoms with van der Waals surface area (Å²) >= 11 is 0. The molecule has 0 aromatic heterocycles. The molecular formula is C13H14F2N4O2. The molecule has 6 nitrogen and oxygen atoms in total. The van der Waals surface area contributed by atoms with Gasteiger partial charge in [-0.05, 0) is 12.1 Å². The minimum Gasteiger partial charge on any atom is -0.396 e. The van der Waals surface area contributed by atoms with E-state index in [1.807, 2.05) is 0 Å². The van der Waals surface area contributed by atoms with E-state index in [2.05, 4.69) is 5.32 Å². The number of urea groups is 1. The first-order chi connectivity index (χ1) is 9.97. The molecule has 2 aliphatic rings. The molecule has 1 aromatic rings. The minimum absolute atomic E-state index is 0.135. The number of hydrogen-bond donors (Lipinski definition) is 2. The number of anilines is 1. The lowest BCUT2D eigenvalue weighted by atomic mass is 10.1. The highest BCUT2D eigenvalue weighted by molar-refractivity contribution is 5.95. The number of nitrogen functional groups attached to an aromatic ring is 1. The Hall–Kier alpha value is -2.38. The van der Waals surface area contributed by atoms with Gasteiger partial charge in [0.25, 0.3) is 5.91 Å². The maximum absolute atomic E-state index is 13.9. The normalized spacial score (nSPS) is 21.2. The third-order valence-corrected chi connectivity index (χ3v) is 3.82. The summed E-state index contributed by atoms with van der Waals surface area (Å²) < 4.78 is 27.2. The Kier molecular flexibility index (Phi) is 3.15. The maximum atomic E-state index is 13.9. The molecule has 3 rings (SSSR count). The molecule has 2 heterocycles. The molecule has 8 heteroatoms. The number of rotatable bonds is 1. The molecule has 0 radical (unpaired) electrons. The van der Waals surface area contributed by atoms with Crippen LogP contribution in [0, 0.1) is 11.6 Å².